The van der Waals surface area contributed by atoms with E-state index in [2.05, 4.69) is 20.1 Å². The number of hydrogen-bond acceptors (Lipinski definition) is 4. The Morgan fingerprint density at radius 3 is 2.77 bits per heavy atom. The van der Waals surface area contributed by atoms with Crippen LogP contribution in [0.5, 0.6) is 0 Å². The Morgan fingerprint density at radius 1 is 1.18 bits per heavy atom. The second kappa shape index (κ2) is 7.49. The SMILES string of the molecule is C[C@@H](Sc1nnc2n1CCCCC2)C(=O)NC1CCCCC1. The summed E-state index contributed by atoms with van der Waals surface area (Å²) in [5, 5.41) is 12.6. The predicted molar refractivity (Wildman–Crippen MR) is 87.9 cm³/mol. The van der Waals surface area contributed by atoms with Crippen LogP contribution in [0.1, 0.15) is 64.1 Å². The lowest BCUT2D eigenvalue weighted by molar-refractivity contribution is -0.121. The number of carbonyl (C=O) groups excluding carboxylic acids is 1. The first-order chi connectivity index (χ1) is 10.7. The Balaban J connectivity index is 1.57. The van der Waals surface area contributed by atoms with Crippen molar-refractivity contribution >= 4 is 17.7 Å². The van der Waals surface area contributed by atoms with Crippen LogP contribution in [-0.4, -0.2) is 32.0 Å². The van der Waals surface area contributed by atoms with E-state index >= 15 is 0 Å². The van der Waals surface area contributed by atoms with Gasteiger partial charge in [0.1, 0.15) is 5.82 Å². The molecule has 2 aliphatic rings. The van der Waals surface area contributed by atoms with Crippen molar-refractivity contribution in [2.45, 2.75) is 87.7 Å². The van der Waals surface area contributed by atoms with E-state index in [4.69, 9.17) is 0 Å². The number of aryl methyl sites for hydroxylation is 1. The monoisotopic (exact) mass is 322 g/mol. The maximum absolute atomic E-state index is 12.4. The predicted octanol–water partition coefficient (Wildman–Crippen LogP) is 2.93. The summed E-state index contributed by atoms with van der Waals surface area (Å²) >= 11 is 1.55. The molecule has 6 heteroatoms. The van der Waals surface area contributed by atoms with Crippen LogP contribution in [0.2, 0.25) is 0 Å². The van der Waals surface area contributed by atoms with Crippen molar-refractivity contribution in [3.63, 3.8) is 0 Å². The summed E-state index contributed by atoms with van der Waals surface area (Å²) in [6, 6.07) is 0.375. The van der Waals surface area contributed by atoms with Gasteiger partial charge >= 0.3 is 0 Å². The number of nitrogens with zero attached hydrogens (tertiary/aromatic N) is 3. The van der Waals surface area contributed by atoms with Crippen molar-refractivity contribution < 1.29 is 4.79 Å². The fraction of sp³-hybridized carbons (Fsp3) is 0.812. The van der Waals surface area contributed by atoms with Gasteiger partial charge in [-0.2, -0.15) is 0 Å². The molecule has 0 saturated heterocycles. The minimum Gasteiger partial charge on any atom is -0.352 e. The average Bonchev–Trinajstić information content (AvgIpc) is 2.76. The van der Waals surface area contributed by atoms with Gasteiger partial charge < -0.3 is 9.88 Å². The standard InChI is InChI=1S/C16H26N4OS/c1-12(15(21)17-13-8-4-2-5-9-13)22-16-19-18-14-10-6-3-7-11-20(14)16/h12-13H,2-11H2,1H3,(H,17,21)/t12-/m1/s1. The van der Waals surface area contributed by atoms with Crippen LogP contribution < -0.4 is 5.32 Å². The number of carbonyl (C=O) groups is 1. The van der Waals surface area contributed by atoms with E-state index < -0.39 is 0 Å². The van der Waals surface area contributed by atoms with Crippen LogP contribution >= 0.6 is 11.8 Å². The lowest BCUT2D eigenvalue weighted by atomic mass is 9.95. The molecular formula is C16H26N4OS. The van der Waals surface area contributed by atoms with Crippen LogP contribution in [0.25, 0.3) is 0 Å². The molecule has 0 aromatic carbocycles. The Labute approximate surface area is 136 Å². The maximum atomic E-state index is 12.4. The molecule has 1 aromatic rings. The number of fused-ring (bicyclic) bond motifs is 1. The highest BCUT2D eigenvalue weighted by molar-refractivity contribution is 8.00. The van der Waals surface area contributed by atoms with Crippen molar-refractivity contribution in [2.75, 3.05) is 0 Å². The zero-order valence-electron chi connectivity index (χ0n) is 13.4. The first kappa shape index (κ1) is 15.8. The molecular weight excluding hydrogens is 296 g/mol. The summed E-state index contributed by atoms with van der Waals surface area (Å²) in [5.41, 5.74) is 0. The molecule has 22 heavy (non-hydrogen) atoms. The number of aromatic nitrogens is 3. The molecule has 2 heterocycles. The van der Waals surface area contributed by atoms with Gasteiger partial charge in [0.15, 0.2) is 5.16 Å². The molecule has 0 unspecified atom stereocenters. The van der Waals surface area contributed by atoms with Gasteiger partial charge in [-0.3, -0.25) is 4.79 Å². The molecule has 0 spiro atoms. The zero-order valence-corrected chi connectivity index (χ0v) is 14.2. The van der Waals surface area contributed by atoms with E-state index in [1.165, 1.54) is 38.5 Å². The maximum Gasteiger partial charge on any atom is 0.233 e. The van der Waals surface area contributed by atoms with Gasteiger partial charge in [0.2, 0.25) is 5.91 Å². The molecule has 1 aliphatic heterocycles. The Morgan fingerprint density at radius 2 is 1.95 bits per heavy atom. The first-order valence-electron chi connectivity index (χ1n) is 8.63. The number of hydrogen-bond donors (Lipinski definition) is 1. The first-order valence-corrected chi connectivity index (χ1v) is 9.51. The van der Waals surface area contributed by atoms with E-state index in [-0.39, 0.29) is 11.2 Å². The second-order valence-corrected chi connectivity index (χ2v) is 7.77. The van der Waals surface area contributed by atoms with Crippen molar-refractivity contribution in [3.05, 3.63) is 5.82 Å². The minimum atomic E-state index is -0.113. The highest BCUT2D eigenvalue weighted by Gasteiger charge is 2.23. The van der Waals surface area contributed by atoms with E-state index in [9.17, 15) is 4.79 Å². The van der Waals surface area contributed by atoms with Crippen LogP contribution in [0.4, 0.5) is 0 Å². The fourth-order valence-corrected chi connectivity index (χ4v) is 4.23. The van der Waals surface area contributed by atoms with Crippen molar-refractivity contribution in [3.8, 4) is 0 Å². The third kappa shape index (κ3) is 3.83. The molecule has 1 aromatic heterocycles. The van der Waals surface area contributed by atoms with Gasteiger partial charge in [0.25, 0.3) is 0 Å². The Hall–Kier alpha value is -1.04. The Kier molecular flexibility index (Phi) is 5.39. The van der Waals surface area contributed by atoms with E-state index in [1.807, 2.05) is 6.92 Å². The molecule has 1 saturated carbocycles. The molecule has 1 N–H and O–H groups in total. The number of thioether (sulfide) groups is 1. The third-order valence-corrected chi connectivity index (χ3v) is 5.76. The van der Waals surface area contributed by atoms with E-state index in [1.54, 1.807) is 11.8 Å². The van der Waals surface area contributed by atoms with Crippen LogP contribution in [-0.2, 0) is 17.8 Å². The van der Waals surface area contributed by atoms with E-state index in [0.29, 0.717) is 6.04 Å². The highest BCUT2D eigenvalue weighted by atomic mass is 32.2. The van der Waals surface area contributed by atoms with Crippen molar-refractivity contribution in [1.29, 1.82) is 0 Å². The summed E-state index contributed by atoms with van der Waals surface area (Å²) in [4.78, 5) is 12.4. The lowest BCUT2D eigenvalue weighted by Crippen LogP contribution is -2.40. The molecule has 122 valence electrons. The minimum absolute atomic E-state index is 0.113. The molecule has 5 nitrogen and oxygen atoms in total. The van der Waals surface area contributed by atoms with Gasteiger partial charge in [-0.15, -0.1) is 10.2 Å². The summed E-state index contributed by atoms with van der Waals surface area (Å²) in [6.45, 7) is 2.96. The van der Waals surface area contributed by atoms with Crippen LogP contribution in [0.3, 0.4) is 0 Å². The van der Waals surface area contributed by atoms with E-state index in [0.717, 1.165) is 36.8 Å². The lowest BCUT2D eigenvalue weighted by Gasteiger charge is -2.24. The fourth-order valence-electron chi connectivity index (χ4n) is 3.32. The van der Waals surface area contributed by atoms with Gasteiger partial charge in [-0.1, -0.05) is 37.4 Å². The van der Waals surface area contributed by atoms with Gasteiger partial charge in [0, 0.05) is 19.0 Å². The average molecular weight is 322 g/mol. The topological polar surface area (TPSA) is 59.8 Å². The molecule has 1 aliphatic carbocycles. The third-order valence-electron chi connectivity index (χ3n) is 4.68. The highest BCUT2D eigenvalue weighted by Crippen LogP contribution is 2.26. The molecule has 1 amide bonds. The number of nitrogens with one attached hydrogen (secondary N) is 1. The quantitative estimate of drug-likeness (QED) is 0.866. The van der Waals surface area contributed by atoms with Crippen LogP contribution in [0, 0.1) is 0 Å². The number of amides is 1. The molecule has 0 bridgehead atoms. The van der Waals surface area contributed by atoms with Crippen LogP contribution in [0.15, 0.2) is 5.16 Å². The summed E-state index contributed by atoms with van der Waals surface area (Å²) in [7, 11) is 0. The Bertz CT molecular complexity index is 510. The van der Waals surface area contributed by atoms with Gasteiger partial charge in [-0.05, 0) is 32.6 Å². The van der Waals surface area contributed by atoms with Crippen molar-refractivity contribution in [1.82, 2.24) is 20.1 Å². The summed E-state index contributed by atoms with van der Waals surface area (Å²) < 4.78 is 2.21. The summed E-state index contributed by atoms with van der Waals surface area (Å²) in [6.07, 6.45) is 10.7. The molecule has 0 radical (unpaired) electrons. The van der Waals surface area contributed by atoms with Gasteiger partial charge in [-0.25, -0.2) is 0 Å². The smallest absolute Gasteiger partial charge is 0.233 e. The largest absolute Gasteiger partial charge is 0.352 e. The molecule has 3 rings (SSSR count). The normalized spacial score (nSPS) is 21.0. The summed E-state index contributed by atoms with van der Waals surface area (Å²) in [5.74, 6) is 1.22. The van der Waals surface area contributed by atoms with Crippen molar-refractivity contribution in [2.24, 2.45) is 0 Å². The molecule has 1 atom stereocenters. The number of rotatable bonds is 4. The second-order valence-electron chi connectivity index (χ2n) is 6.46. The van der Waals surface area contributed by atoms with Gasteiger partial charge in [0.05, 0.1) is 5.25 Å². The molecule has 1 fully saturated rings. The zero-order chi connectivity index (χ0) is 15.4.